The van der Waals surface area contributed by atoms with Gasteiger partial charge in [-0.2, -0.15) is 0 Å². The van der Waals surface area contributed by atoms with E-state index in [1.165, 1.54) is 0 Å². The number of morpholine rings is 1. The highest BCUT2D eigenvalue weighted by Crippen LogP contribution is 2.33. The Bertz CT molecular complexity index is 699. The molecule has 0 bridgehead atoms. The summed E-state index contributed by atoms with van der Waals surface area (Å²) in [7, 11) is 0. The van der Waals surface area contributed by atoms with Crippen molar-refractivity contribution in [3.05, 3.63) is 36.4 Å². The lowest BCUT2D eigenvalue weighted by molar-refractivity contribution is -0.116. The Morgan fingerprint density at radius 3 is 2.79 bits per heavy atom. The van der Waals surface area contributed by atoms with Crippen LogP contribution in [0.3, 0.4) is 0 Å². The number of ether oxygens (including phenoxy) is 2. The monoisotopic (exact) mass is 329 g/mol. The zero-order chi connectivity index (χ0) is 16.8. The maximum Gasteiger partial charge on any atom is 0.236 e. The first-order valence-corrected chi connectivity index (χ1v) is 8.21. The van der Waals surface area contributed by atoms with Crippen molar-refractivity contribution in [3.63, 3.8) is 0 Å². The third kappa shape index (κ3) is 4.15. The van der Waals surface area contributed by atoms with Crippen molar-refractivity contribution in [2.24, 2.45) is 5.73 Å². The minimum atomic E-state index is -0.401. The largest absolute Gasteiger partial charge is 0.489 e. The smallest absolute Gasteiger partial charge is 0.236 e. The molecule has 1 amide bonds. The Balaban J connectivity index is 1.74. The van der Waals surface area contributed by atoms with Gasteiger partial charge in [0.1, 0.15) is 12.4 Å². The van der Waals surface area contributed by atoms with Crippen LogP contribution in [0, 0.1) is 0 Å². The molecule has 0 aromatic heterocycles. The van der Waals surface area contributed by atoms with E-state index < -0.39 is 5.91 Å². The second-order valence-corrected chi connectivity index (χ2v) is 5.79. The first-order valence-electron chi connectivity index (χ1n) is 8.21. The third-order valence-corrected chi connectivity index (χ3v) is 4.09. The van der Waals surface area contributed by atoms with Gasteiger partial charge in [0.2, 0.25) is 5.91 Å². The summed E-state index contributed by atoms with van der Waals surface area (Å²) in [6.07, 6.45) is 0. The van der Waals surface area contributed by atoms with E-state index in [-0.39, 0.29) is 6.54 Å². The molecule has 0 saturated carbocycles. The number of nitrogens with zero attached hydrogens (tertiary/aromatic N) is 1. The van der Waals surface area contributed by atoms with Gasteiger partial charge in [0.05, 0.1) is 25.4 Å². The highest BCUT2D eigenvalue weighted by Gasteiger charge is 2.13. The summed E-state index contributed by atoms with van der Waals surface area (Å²) in [5.41, 5.74) is 6.03. The van der Waals surface area contributed by atoms with Crippen LogP contribution in [0.5, 0.6) is 5.75 Å². The van der Waals surface area contributed by atoms with Crippen LogP contribution < -0.4 is 15.8 Å². The molecule has 1 saturated heterocycles. The minimum Gasteiger partial charge on any atom is -0.489 e. The van der Waals surface area contributed by atoms with E-state index in [0.717, 1.165) is 55.1 Å². The molecule has 128 valence electrons. The van der Waals surface area contributed by atoms with Crippen molar-refractivity contribution in [2.45, 2.75) is 0 Å². The molecule has 6 nitrogen and oxygen atoms in total. The molecule has 2 aromatic rings. The van der Waals surface area contributed by atoms with Gasteiger partial charge in [0, 0.05) is 25.0 Å². The number of nitrogens with one attached hydrogen (secondary N) is 1. The zero-order valence-electron chi connectivity index (χ0n) is 13.7. The molecule has 0 aliphatic carbocycles. The van der Waals surface area contributed by atoms with Crippen LogP contribution in [-0.2, 0) is 9.53 Å². The van der Waals surface area contributed by atoms with E-state index in [2.05, 4.69) is 10.2 Å². The first kappa shape index (κ1) is 16.5. The van der Waals surface area contributed by atoms with Crippen molar-refractivity contribution in [2.75, 3.05) is 51.3 Å². The van der Waals surface area contributed by atoms with Crippen LogP contribution in [0.4, 0.5) is 5.69 Å². The van der Waals surface area contributed by atoms with Crippen molar-refractivity contribution in [1.29, 1.82) is 0 Å². The maximum atomic E-state index is 11.1. The van der Waals surface area contributed by atoms with Gasteiger partial charge in [-0.15, -0.1) is 0 Å². The number of rotatable bonds is 7. The SMILES string of the molecule is NC(=O)CNc1ccc2ccccc2c1OCCN1CCOCC1. The molecule has 1 aliphatic heterocycles. The summed E-state index contributed by atoms with van der Waals surface area (Å²) in [5, 5.41) is 5.18. The summed E-state index contributed by atoms with van der Waals surface area (Å²) in [6.45, 7) is 4.94. The lowest BCUT2D eigenvalue weighted by Gasteiger charge is -2.26. The zero-order valence-corrected chi connectivity index (χ0v) is 13.7. The van der Waals surface area contributed by atoms with Crippen molar-refractivity contribution >= 4 is 22.4 Å². The molecule has 0 unspecified atom stereocenters. The van der Waals surface area contributed by atoms with E-state index in [9.17, 15) is 4.79 Å². The van der Waals surface area contributed by atoms with Crippen LogP contribution in [0.15, 0.2) is 36.4 Å². The number of carbonyl (C=O) groups excluding carboxylic acids is 1. The molecule has 2 aromatic carbocycles. The van der Waals surface area contributed by atoms with Gasteiger partial charge in [-0.3, -0.25) is 9.69 Å². The summed E-state index contributed by atoms with van der Waals surface area (Å²) >= 11 is 0. The Kier molecular flexibility index (Phi) is 5.51. The number of nitrogens with two attached hydrogens (primary N) is 1. The Morgan fingerprint density at radius 2 is 2.00 bits per heavy atom. The lowest BCUT2D eigenvalue weighted by atomic mass is 10.1. The van der Waals surface area contributed by atoms with Gasteiger partial charge >= 0.3 is 0 Å². The fourth-order valence-corrected chi connectivity index (χ4v) is 2.82. The number of primary amides is 1. The molecule has 6 heteroatoms. The van der Waals surface area contributed by atoms with Crippen molar-refractivity contribution in [3.8, 4) is 5.75 Å². The summed E-state index contributed by atoms with van der Waals surface area (Å²) in [5.74, 6) is 0.366. The topological polar surface area (TPSA) is 76.8 Å². The molecular weight excluding hydrogens is 306 g/mol. The van der Waals surface area contributed by atoms with Crippen LogP contribution in [0.1, 0.15) is 0 Å². The molecule has 1 heterocycles. The van der Waals surface area contributed by atoms with Gasteiger partial charge in [0.25, 0.3) is 0 Å². The fraction of sp³-hybridized carbons (Fsp3) is 0.389. The molecule has 1 aliphatic rings. The average molecular weight is 329 g/mol. The van der Waals surface area contributed by atoms with Gasteiger partial charge in [-0.1, -0.05) is 30.3 Å². The molecule has 0 radical (unpaired) electrons. The van der Waals surface area contributed by atoms with Gasteiger partial charge < -0.3 is 20.5 Å². The molecule has 0 spiro atoms. The molecular formula is C18H23N3O3. The quantitative estimate of drug-likeness (QED) is 0.804. The number of hydrogen-bond acceptors (Lipinski definition) is 5. The minimum absolute atomic E-state index is 0.0815. The third-order valence-electron chi connectivity index (χ3n) is 4.09. The number of carbonyl (C=O) groups is 1. The number of anilines is 1. The van der Waals surface area contributed by atoms with E-state index in [0.29, 0.717) is 6.61 Å². The molecule has 3 N–H and O–H groups in total. The fourth-order valence-electron chi connectivity index (χ4n) is 2.82. The maximum absolute atomic E-state index is 11.1. The highest BCUT2D eigenvalue weighted by molar-refractivity contribution is 5.94. The van der Waals surface area contributed by atoms with Gasteiger partial charge in [-0.25, -0.2) is 0 Å². The number of amides is 1. The van der Waals surface area contributed by atoms with Crippen LogP contribution in [-0.4, -0.2) is 56.8 Å². The molecule has 3 rings (SSSR count). The standard InChI is InChI=1S/C18H23N3O3/c19-17(22)13-20-16-6-5-14-3-1-2-4-15(14)18(16)24-12-9-21-7-10-23-11-8-21/h1-6,20H,7-13H2,(H2,19,22). The summed E-state index contributed by atoms with van der Waals surface area (Å²) in [4.78, 5) is 13.4. The van der Waals surface area contributed by atoms with Gasteiger partial charge in [-0.05, 0) is 11.5 Å². The van der Waals surface area contributed by atoms with E-state index in [1.807, 2.05) is 36.4 Å². The van der Waals surface area contributed by atoms with Crippen LogP contribution in [0.2, 0.25) is 0 Å². The highest BCUT2D eigenvalue weighted by atomic mass is 16.5. The second-order valence-electron chi connectivity index (χ2n) is 5.79. The van der Waals surface area contributed by atoms with Crippen LogP contribution >= 0.6 is 0 Å². The van der Waals surface area contributed by atoms with E-state index in [1.54, 1.807) is 0 Å². The predicted molar refractivity (Wildman–Crippen MR) is 94.4 cm³/mol. The van der Waals surface area contributed by atoms with Crippen molar-refractivity contribution < 1.29 is 14.3 Å². The number of hydrogen-bond donors (Lipinski definition) is 2. The molecule has 0 atom stereocenters. The summed E-state index contributed by atoms with van der Waals surface area (Å²) in [6, 6.07) is 12.0. The second kappa shape index (κ2) is 7.99. The summed E-state index contributed by atoms with van der Waals surface area (Å²) < 4.78 is 11.4. The van der Waals surface area contributed by atoms with Gasteiger partial charge in [0.15, 0.2) is 0 Å². The van der Waals surface area contributed by atoms with E-state index in [4.69, 9.17) is 15.2 Å². The van der Waals surface area contributed by atoms with Crippen molar-refractivity contribution in [1.82, 2.24) is 4.90 Å². The Labute approximate surface area is 141 Å². The average Bonchev–Trinajstić information content (AvgIpc) is 2.61. The molecule has 1 fully saturated rings. The number of fused-ring (bicyclic) bond motifs is 1. The first-order chi connectivity index (χ1) is 11.7. The van der Waals surface area contributed by atoms with Crippen LogP contribution in [0.25, 0.3) is 10.8 Å². The number of benzene rings is 2. The predicted octanol–water partition coefficient (Wildman–Crippen LogP) is 1.45. The lowest BCUT2D eigenvalue weighted by Crippen LogP contribution is -2.38. The Morgan fingerprint density at radius 1 is 1.21 bits per heavy atom. The Hall–Kier alpha value is -2.31. The van der Waals surface area contributed by atoms with E-state index >= 15 is 0 Å². The normalized spacial score (nSPS) is 15.3. The molecule has 24 heavy (non-hydrogen) atoms.